The number of rotatable bonds is 4. The lowest BCUT2D eigenvalue weighted by Crippen LogP contribution is -2.45. The van der Waals surface area contributed by atoms with E-state index in [2.05, 4.69) is 33.8 Å². The Morgan fingerprint density at radius 3 is 2.52 bits per heavy atom. The van der Waals surface area contributed by atoms with E-state index in [1.807, 2.05) is 18.2 Å². The highest BCUT2D eigenvalue weighted by molar-refractivity contribution is 5.96. The molecule has 1 aliphatic heterocycles. The zero-order chi connectivity index (χ0) is 18.1. The normalized spacial score (nSPS) is 15.1. The Morgan fingerprint density at radius 1 is 1.20 bits per heavy atom. The molecule has 0 spiro atoms. The fourth-order valence-electron chi connectivity index (χ4n) is 2.10. The summed E-state index contributed by atoms with van der Waals surface area (Å²) in [6, 6.07) is 12.5. The van der Waals surface area contributed by atoms with E-state index in [1.165, 1.54) is 0 Å². The van der Waals surface area contributed by atoms with Gasteiger partial charge in [0.25, 0.3) is 5.91 Å². The van der Waals surface area contributed by atoms with Gasteiger partial charge in [-0.3, -0.25) is 14.8 Å². The van der Waals surface area contributed by atoms with Crippen molar-refractivity contribution in [2.24, 2.45) is 4.99 Å². The van der Waals surface area contributed by atoms with Crippen LogP contribution >= 0.6 is 0 Å². The second-order valence-electron chi connectivity index (χ2n) is 4.87. The second kappa shape index (κ2) is 9.02. The Labute approximate surface area is 147 Å². The van der Waals surface area contributed by atoms with E-state index < -0.39 is 0 Å². The van der Waals surface area contributed by atoms with Gasteiger partial charge in [0.1, 0.15) is 17.6 Å². The summed E-state index contributed by atoms with van der Waals surface area (Å²) in [6.45, 7) is 6.00. The van der Waals surface area contributed by atoms with Crippen molar-refractivity contribution < 1.29 is 9.53 Å². The first-order valence-corrected chi connectivity index (χ1v) is 7.63. The van der Waals surface area contributed by atoms with Crippen molar-refractivity contribution in [2.75, 3.05) is 7.11 Å². The van der Waals surface area contributed by atoms with Gasteiger partial charge in [0.15, 0.2) is 0 Å². The number of aliphatic imine (C=N–C) groups is 1. The van der Waals surface area contributed by atoms with Crippen LogP contribution in [0, 0.1) is 0 Å². The van der Waals surface area contributed by atoms with E-state index in [9.17, 15) is 4.79 Å². The monoisotopic (exact) mass is 336 g/mol. The molecular weight excluding hydrogens is 316 g/mol. The first-order chi connectivity index (χ1) is 12.3. The van der Waals surface area contributed by atoms with Gasteiger partial charge in [-0.05, 0) is 36.4 Å². The average Bonchev–Trinajstić information content (AvgIpc) is 2.71. The summed E-state index contributed by atoms with van der Waals surface area (Å²) in [6.07, 6.45) is 4.73. The molecule has 1 aromatic carbocycles. The summed E-state index contributed by atoms with van der Waals surface area (Å²) in [7, 11) is 1.59. The van der Waals surface area contributed by atoms with Crippen LogP contribution in [0.25, 0.3) is 5.70 Å². The Bertz CT molecular complexity index is 755. The Morgan fingerprint density at radius 2 is 1.96 bits per heavy atom. The highest BCUT2D eigenvalue weighted by Gasteiger charge is 2.14. The van der Waals surface area contributed by atoms with Gasteiger partial charge in [-0.2, -0.15) is 0 Å². The molecule has 0 aliphatic carbocycles. The van der Waals surface area contributed by atoms with Crippen LogP contribution in [0.4, 0.5) is 0 Å². The topological polar surface area (TPSA) is 75.6 Å². The number of amides is 1. The number of methoxy groups -OCH3 is 1. The largest absolute Gasteiger partial charge is 0.497 e. The third kappa shape index (κ3) is 4.78. The summed E-state index contributed by atoms with van der Waals surface area (Å²) in [5, 5.41) is 5.92. The molecule has 25 heavy (non-hydrogen) atoms. The third-order valence-corrected chi connectivity index (χ3v) is 3.33. The number of nitrogens with one attached hydrogen (secondary N) is 2. The Balaban J connectivity index is 0.00000109. The minimum atomic E-state index is -0.364. The van der Waals surface area contributed by atoms with Crippen molar-refractivity contribution in [3.8, 4) is 5.75 Å². The number of carbonyl (C=O) groups is 1. The fourth-order valence-corrected chi connectivity index (χ4v) is 2.10. The lowest BCUT2D eigenvalue weighted by atomic mass is 10.2. The van der Waals surface area contributed by atoms with Crippen LogP contribution in [-0.4, -0.2) is 30.4 Å². The van der Waals surface area contributed by atoms with Crippen LogP contribution in [0.3, 0.4) is 0 Å². The van der Waals surface area contributed by atoms with E-state index in [-0.39, 0.29) is 12.1 Å². The molecule has 2 aromatic rings. The smallest absolute Gasteiger partial charge is 0.253 e. The molecule has 1 aliphatic rings. The van der Waals surface area contributed by atoms with Crippen LogP contribution in [-0.2, 0) is 0 Å². The average molecular weight is 336 g/mol. The van der Waals surface area contributed by atoms with Crippen molar-refractivity contribution in [2.45, 2.75) is 6.17 Å². The molecule has 128 valence electrons. The molecule has 0 bridgehead atoms. The molecule has 0 saturated heterocycles. The maximum atomic E-state index is 12.2. The molecule has 2 N–H and O–H groups in total. The van der Waals surface area contributed by atoms with Gasteiger partial charge in [0.05, 0.1) is 12.8 Å². The predicted molar refractivity (Wildman–Crippen MR) is 99.3 cm³/mol. The van der Waals surface area contributed by atoms with E-state index in [1.54, 1.807) is 50.0 Å². The zero-order valence-corrected chi connectivity index (χ0v) is 14.0. The van der Waals surface area contributed by atoms with Crippen molar-refractivity contribution in [3.05, 3.63) is 79.3 Å². The number of hydrogen-bond donors (Lipinski definition) is 2. The van der Waals surface area contributed by atoms with Gasteiger partial charge in [-0.15, -0.1) is 13.2 Å². The number of aromatic nitrogens is 1. The van der Waals surface area contributed by atoms with Crippen molar-refractivity contribution in [1.82, 2.24) is 15.6 Å². The molecule has 1 unspecified atom stereocenters. The van der Waals surface area contributed by atoms with Crippen LogP contribution in [0.1, 0.15) is 16.1 Å². The number of nitrogens with zero attached hydrogens (tertiary/aromatic N) is 2. The summed E-state index contributed by atoms with van der Waals surface area (Å²) >= 11 is 0. The lowest BCUT2D eigenvalue weighted by molar-refractivity contribution is 0.0944. The maximum absolute atomic E-state index is 12.2. The third-order valence-electron chi connectivity index (χ3n) is 3.33. The van der Waals surface area contributed by atoms with Gasteiger partial charge in [-0.1, -0.05) is 6.07 Å². The highest BCUT2D eigenvalue weighted by Crippen LogP contribution is 2.14. The lowest BCUT2D eigenvalue weighted by Gasteiger charge is -2.19. The highest BCUT2D eigenvalue weighted by atomic mass is 16.5. The first-order valence-electron chi connectivity index (χ1n) is 7.63. The van der Waals surface area contributed by atoms with E-state index in [0.29, 0.717) is 11.3 Å². The molecule has 0 fully saturated rings. The standard InChI is InChI=1S/C17H16N4O2.C2H4/c1-23-13-7-5-12(6-8-13)17(22)21-16-11-19-15(10-20-16)14-4-2-3-9-18-14;1-2/h2-11,16,20H,1H3,(H,21,22);1-2H2. The van der Waals surface area contributed by atoms with Crippen LogP contribution in [0.5, 0.6) is 5.75 Å². The maximum Gasteiger partial charge on any atom is 0.253 e. The van der Waals surface area contributed by atoms with Gasteiger partial charge < -0.3 is 15.4 Å². The van der Waals surface area contributed by atoms with Crippen LogP contribution in [0.2, 0.25) is 0 Å². The number of hydrogen-bond acceptors (Lipinski definition) is 5. The minimum absolute atomic E-state index is 0.189. The van der Waals surface area contributed by atoms with Crippen molar-refractivity contribution >= 4 is 17.8 Å². The van der Waals surface area contributed by atoms with Gasteiger partial charge in [-0.25, -0.2) is 0 Å². The molecule has 6 heteroatoms. The molecule has 1 amide bonds. The van der Waals surface area contributed by atoms with E-state index in [4.69, 9.17) is 4.74 Å². The summed E-state index contributed by atoms with van der Waals surface area (Å²) < 4.78 is 5.07. The van der Waals surface area contributed by atoms with Gasteiger partial charge >= 0.3 is 0 Å². The molecule has 0 saturated carbocycles. The second-order valence-corrected chi connectivity index (χ2v) is 4.87. The van der Waals surface area contributed by atoms with Crippen molar-refractivity contribution in [3.63, 3.8) is 0 Å². The summed E-state index contributed by atoms with van der Waals surface area (Å²) in [4.78, 5) is 20.7. The quantitative estimate of drug-likeness (QED) is 0.842. The SMILES string of the molecule is C=C.COc1ccc(C(=O)NC2C=NC(c3ccccn3)=CN2)cc1. The zero-order valence-electron chi connectivity index (χ0n) is 14.0. The molecule has 1 aromatic heterocycles. The molecule has 1 atom stereocenters. The Kier molecular flexibility index (Phi) is 6.47. The molecule has 3 rings (SSSR count). The summed E-state index contributed by atoms with van der Waals surface area (Å²) in [5.74, 6) is 0.521. The fraction of sp³-hybridized carbons (Fsp3) is 0.105. The van der Waals surface area contributed by atoms with Crippen LogP contribution < -0.4 is 15.4 Å². The molecule has 0 radical (unpaired) electrons. The predicted octanol–water partition coefficient (Wildman–Crippen LogP) is 2.62. The number of benzene rings is 1. The van der Waals surface area contributed by atoms with Crippen molar-refractivity contribution in [1.29, 1.82) is 0 Å². The van der Waals surface area contributed by atoms with Crippen LogP contribution in [0.15, 0.2) is 73.0 Å². The number of carbonyl (C=O) groups excluding carboxylic acids is 1. The molecule has 6 nitrogen and oxygen atoms in total. The summed E-state index contributed by atoms with van der Waals surface area (Å²) in [5.41, 5.74) is 2.05. The number of pyridine rings is 1. The van der Waals surface area contributed by atoms with Gasteiger partial charge in [0, 0.05) is 24.2 Å². The molecule has 2 heterocycles. The van der Waals surface area contributed by atoms with Gasteiger partial charge in [0.2, 0.25) is 0 Å². The van der Waals surface area contributed by atoms with E-state index in [0.717, 1.165) is 11.4 Å². The first kappa shape index (κ1) is 17.9. The Hall–Kier alpha value is -3.41. The molecular formula is C19H20N4O2. The van der Waals surface area contributed by atoms with E-state index >= 15 is 0 Å². The number of ether oxygens (including phenoxy) is 1. The minimum Gasteiger partial charge on any atom is -0.497 e.